The van der Waals surface area contributed by atoms with Gasteiger partial charge in [-0.15, -0.1) is 0 Å². The summed E-state index contributed by atoms with van der Waals surface area (Å²) in [4.78, 5) is 39.3. The Morgan fingerprint density at radius 2 is 2.12 bits per heavy atom. The van der Waals surface area contributed by atoms with E-state index in [9.17, 15) is 19.5 Å². The fraction of sp³-hybridized carbons (Fsp3) is 0.550. The molecule has 0 saturated heterocycles. The molecule has 0 aliphatic carbocycles. The average molecular weight is 364 g/mol. The second-order valence-corrected chi connectivity index (χ2v) is 6.81. The Hall–Kier alpha value is -2.21. The number of likely N-dealkylation sites (N-methyl/N-ethyl adjacent to an activating group) is 1. The number of Topliss-reactive ketones (excluding diaryl/α,β-unsaturated/α-hetero) is 1. The highest BCUT2D eigenvalue weighted by Gasteiger charge is 2.32. The second-order valence-electron chi connectivity index (χ2n) is 6.81. The van der Waals surface area contributed by atoms with Crippen molar-refractivity contribution in [3.63, 3.8) is 0 Å². The van der Waals surface area contributed by atoms with Gasteiger partial charge < -0.3 is 15.3 Å². The number of carbonyl (C=O) groups excluding carboxylic acids is 3. The van der Waals surface area contributed by atoms with Crippen molar-refractivity contribution in [2.24, 2.45) is 11.8 Å². The van der Waals surface area contributed by atoms with Crippen molar-refractivity contribution in [1.29, 1.82) is 0 Å². The molecule has 0 aromatic heterocycles. The van der Waals surface area contributed by atoms with E-state index in [4.69, 9.17) is 5.48 Å². The van der Waals surface area contributed by atoms with Gasteiger partial charge in [0.2, 0.25) is 11.8 Å². The van der Waals surface area contributed by atoms with Gasteiger partial charge in [0.25, 0.3) is 0 Å². The van der Waals surface area contributed by atoms with Crippen LogP contribution in [0.1, 0.15) is 49.8 Å². The highest BCUT2D eigenvalue weighted by molar-refractivity contribution is 5.92. The molecule has 142 valence electrons. The largest absolute Gasteiger partial charge is 0.385 e. The minimum Gasteiger partial charge on any atom is -0.385 e. The van der Waals surface area contributed by atoms with Gasteiger partial charge in [-0.1, -0.05) is 45.0 Å². The number of rotatable bonds is 6. The van der Waals surface area contributed by atoms with E-state index in [2.05, 4.69) is 5.32 Å². The zero-order valence-electron chi connectivity index (χ0n) is 19.3. The number of benzene rings is 1. The van der Waals surface area contributed by atoms with Crippen LogP contribution in [0.2, 0.25) is 0 Å². The molecule has 1 aromatic carbocycles. The van der Waals surface area contributed by atoms with Crippen molar-refractivity contribution >= 4 is 17.6 Å². The molecule has 2 amide bonds. The van der Waals surface area contributed by atoms with Gasteiger partial charge >= 0.3 is 0 Å². The van der Waals surface area contributed by atoms with Gasteiger partial charge in [0, 0.05) is 31.4 Å². The van der Waals surface area contributed by atoms with E-state index in [1.54, 1.807) is 19.2 Å². The van der Waals surface area contributed by atoms with E-state index in [1.165, 1.54) is 11.8 Å². The predicted octanol–water partition coefficient (Wildman–Crippen LogP) is 1.47. The van der Waals surface area contributed by atoms with E-state index in [-0.39, 0.29) is 5.91 Å². The van der Waals surface area contributed by atoms with Gasteiger partial charge in [0.15, 0.2) is 5.78 Å². The number of aliphatic hydroxyl groups excluding tert-OH is 1. The van der Waals surface area contributed by atoms with Crippen LogP contribution >= 0.6 is 0 Å². The molecule has 2 rings (SSSR count). The Labute approximate surface area is 160 Å². The predicted molar refractivity (Wildman–Crippen MR) is 98.3 cm³/mol. The summed E-state index contributed by atoms with van der Waals surface area (Å²) in [6.07, 6.45) is -1.86. The van der Waals surface area contributed by atoms with Crippen molar-refractivity contribution in [1.82, 2.24) is 10.2 Å². The fourth-order valence-electron chi connectivity index (χ4n) is 2.97. The molecule has 1 aromatic rings. The summed E-state index contributed by atoms with van der Waals surface area (Å²) < 4.78 is 29.9. The first-order chi connectivity index (χ1) is 13.8. The lowest BCUT2D eigenvalue weighted by molar-refractivity contribution is -0.137. The lowest BCUT2D eigenvalue weighted by atomic mass is 9.94. The van der Waals surface area contributed by atoms with Crippen molar-refractivity contribution < 1.29 is 25.0 Å². The molecular formula is C20H28N2O4. The normalized spacial score (nSPS) is 24.5. The highest BCUT2D eigenvalue weighted by Crippen LogP contribution is 2.25. The molecule has 26 heavy (non-hydrogen) atoms. The van der Waals surface area contributed by atoms with Crippen LogP contribution in [-0.2, 0) is 20.8 Å². The summed E-state index contributed by atoms with van der Waals surface area (Å²) in [5.74, 6) is -5.06. The van der Waals surface area contributed by atoms with Gasteiger partial charge in [-0.3, -0.25) is 14.4 Å². The highest BCUT2D eigenvalue weighted by atomic mass is 16.3. The Morgan fingerprint density at radius 1 is 1.42 bits per heavy atom. The minimum absolute atomic E-state index is 0.270. The third kappa shape index (κ3) is 4.49. The zero-order chi connectivity index (χ0) is 22.9. The fourth-order valence-corrected chi connectivity index (χ4v) is 2.97. The molecule has 6 nitrogen and oxygen atoms in total. The van der Waals surface area contributed by atoms with Gasteiger partial charge in [0.05, 0.1) is 0 Å². The van der Waals surface area contributed by atoms with E-state index in [1.807, 2.05) is 12.1 Å². The molecule has 0 radical (unpaired) electrons. The molecule has 1 unspecified atom stereocenters. The number of ketones is 1. The number of fused-ring (bicyclic) bond motifs is 1. The smallest absolute Gasteiger partial charge is 0.249 e. The van der Waals surface area contributed by atoms with E-state index < -0.39 is 48.9 Å². The van der Waals surface area contributed by atoms with Crippen LogP contribution in [0.25, 0.3) is 0 Å². The molecule has 0 spiro atoms. The van der Waals surface area contributed by atoms with Crippen LogP contribution in [0.3, 0.4) is 0 Å². The first-order valence-corrected chi connectivity index (χ1v) is 8.61. The van der Waals surface area contributed by atoms with Crippen molar-refractivity contribution in [2.45, 2.75) is 45.7 Å². The van der Waals surface area contributed by atoms with E-state index in [0.717, 1.165) is 12.5 Å². The van der Waals surface area contributed by atoms with E-state index >= 15 is 0 Å². The number of hydrogen-bond donors (Lipinski definition) is 2. The van der Waals surface area contributed by atoms with Gasteiger partial charge in [-0.05, 0) is 23.4 Å². The maximum atomic E-state index is 12.8. The third-order valence-corrected chi connectivity index (χ3v) is 4.66. The number of hydrogen-bond acceptors (Lipinski definition) is 4. The Bertz CT molecular complexity index is 825. The molecule has 4 atom stereocenters. The first-order valence-electron chi connectivity index (χ1n) is 10.6. The number of nitrogens with one attached hydrogen (secondary N) is 1. The number of amides is 2. The van der Waals surface area contributed by atoms with Crippen LogP contribution in [-0.4, -0.2) is 47.3 Å². The standard InChI is InChI=1S/C20H28N2O4/c1-12(2)18(24)16(23)11-13(3)19(25)21-17-15-8-6-5-7-14(15)9-10-22(4)20(17)26/h5-8,12-13,17-18,24H,9-11H2,1-4H3,(H,21,25)/t13-,17+,18+/m1/s1/i1D3,12D/t12?,13-,17+,18+. The van der Waals surface area contributed by atoms with Crippen LogP contribution < -0.4 is 5.32 Å². The average Bonchev–Trinajstić information content (AvgIpc) is 2.78. The minimum atomic E-state index is -2.87. The van der Waals surface area contributed by atoms with Gasteiger partial charge in [-0.2, -0.15) is 0 Å². The van der Waals surface area contributed by atoms with Crippen LogP contribution in [0.15, 0.2) is 24.3 Å². The summed E-state index contributed by atoms with van der Waals surface area (Å²) in [5, 5.41) is 12.8. The maximum absolute atomic E-state index is 12.8. The van der Waals surface area contributed by atoms with Crippen molar-refractivity contribution in [2.75, 3.05) is 13.6 Å². The Morgan fingerprint density at radius 3 is 2.81 bits per heavy atom. The molecule has 0 fully saturated rings. The summed E-state index contributed by atoms with van der Waals surface area (Å²) in [6.45, 7) is 0.0614. The van der Waals surface area contributed by atoms with Gasteiger partial charge in [0.1, 0.15) is 12.1 Å². The summed E-state index contributed by atoms with van der Waals surface area (Å²) in [5.41, 5.74) is 1.64. The third-order valence-electron chi connectivity index (χ3n) is 4.66. The summed E-state index contributed by atoms with van der Waals surface area (Å²) >= 11 is 0. The van der Waals surface area contributed by atoms with E-state index in [0.29, 0.717) is 18.5 Å². The summed E-state index contributed by atoms with van der Waals surface area (Å²) in [6, 6.07) is 6.42. The first kappa shape index (κ1) is 14.9. The van der Waals surface area contributed by atoms with Crippen LogP contribution in [0.5, 0.6) is 0 Å². The molecule has 6 heteroatoms. The maximum Gasteiger partial charge on any atom is 0.249 e. The molecule has 2 N–H and O–H groups in total. The molecule has 0 bridgehead atoms. The molecule has 1 heterocycles. The van der Waals surface area contributed by atoms with Gasteiger partial charge in [-0.25, -0.2) is 0 Å². The molecular weight excluding hydrogens is 332 g/mol. The van der Waals surface area contributed by atoms with Crippen molar-refractivity contribution in [3.05, 3.63) is 35.4 Å². The quantitative estimate of drug-likeness (QED) is 0.800. The van der Waals surface area contributed by atoms with Crippen molar-refractivity contribution in [3.8, 4) is 0 Å². The van der Waals surface area contributed by atoms with Crippen LogP contribution in [0.4, 0.5) is 0 Å². The monoisotopic (exact) mass is 364 g/mol. The Balaban J connectivity index is 2.13. The topological polar surface area (TPSA) is 86.7 Å². The molecule has 0 saturated carbocycles. The number of aliphatic hydroxyl groups is 1. The lowest BCUT2D eigenvalue weighted by Gasteiger charge is -2.24. The molecule has 1 aliphatic heterocycles. The zero-order valence-corrected chi connectivity index (χ0v) is 15.3. The van der Waals surface area contributed by atoms with Crippen LogP contribution in [0, 0.1) is 11.8 Å². The number of nitrogens with zero attached hydrogens (tertiary/aromatic N) is 1. The lowest BCUT2D eigenvalue weighted by Crippen LogP contribution is -2.43. The molecule has 1 aliphatic rings. The SMILES string of the molecule is [2H]C([2H])([2H])C([2H])(C)[C@H](O)C(=O)C[C@@H](C)C(=O)N[C@@H]1C(=O)N(C)CCc2ccccc21. The summed E-state index contributed by atoms with van der Waals surface area (Å²) in [7, 11) is 1.65. The second kappa shape index (κ2) is 8.45. The number of carbonyl (C=O) groups is 3. The Kier molecular flexibility index (Phi) is 4.84.